The number of esters is 1. The standard InChI is InChI=1S/C21H25N3O4S/c1-3-28-21(27)18(12-13-29-2)24-20(26)15-9-5-7-11-17(15)23-19(25)14-8-4-6-10-16(14)22/h4-11,18H,3,12-13,22H2,1-2H3,(H,23,25)(H,24,26). The number of carbonyl (C=O) groups excluding carboxylic acids is 3. The Kier molecular flexibility index (Phi) is 8.54. The summed E-state index contributed by atoms with van der Waals surface area (Å²) >= 11 is 1.57. The van der Waals surface area contributed by atoms with E-state index in [-0.39, 0.29) is 12.2 Å². The van der Waals surface area contributed by atoms with Gasteiger partial charge in [0.05, 0.1) is 23.4 Å². The van der Waals surface area contributed by atoms with Crippen LogP contribution in [0.1, 0.15) is 34.1 Å². The summed E-state index contributed by atoms with van der Waals surface area (Å²) in [6.45, 7) is 1.95. The third-order valence-electron chi connectivity index (χ3n) is 4.11. The van der Waals surface area contributed by atoms with Crippen molar-refractivity contribution in [3.8, 4) is 0 Å². The van der Waals surface area contributed by atoms with Gasteiger partial charge in [0.15, 0.2) is 0 Å². The minimum atomic E-state index is -0.761. The molecule has 1 atom stereocenters. The second-order valence-corrected chi connectivity index (χ2v) is 7.13. The van der Waals surface area contributed by atoms with Crippen LogP contribution in [0.5, 0.6) is 0 Å². The molecule has 0 aromatic heterocycles. The number of nitrogens with two attached hydrogens (primary N) is 1. The third kappa shape index (κ3) is 6.25. The highest BCUT2D eigenvalue weighted by atomic mass is 32.2. The van der Waals surface area contributed by atoms with Crippen molar-refractivity contribution in [2.24, 2.45) is 0 Å². The summed E-state index contributed by atoms with van der Waals surface area (Å²) in [7, 11) is 0. The summed E-state index contributed by atoms with van der Waals surface area (Å²) in [5, 5.41) is 5.43. The summed E-state index contributed by atoms with van der Waals surface area (Å²) in [6, 6.07) is 12.5. The van der Waals surface area contributed by atoms with E-state index >= 15 is 0 Å². The topological polar surface area (TPSA) is 111 Å². The largest absolute Gasteiger partial charge is 0.464 e. The van der Waals surface area contributed by atoms with Crippen LogP contribution in [0.3, 0.4) is 0 Å². The molecular weight excluding hydrogens is 390 g/mol. The fraction of sp³-hybridized carbons (Fsp3) is 0.286. The van der Waals surface area contributed by atoms with Crippen LogP contribution < -0.4 is 16.4 Å². The van der Waals surface area contributed by atoms with E-state index in [9.17, 15) is 14.4 Å². The molecule has 7 nitrogen and oxygen atoms in total. The quantitative estimate of drug-likeness (QED) is 0.429. The van der Waals surface area contributed by atoms with Gasteiger partial charge in [-0.2, -0.15) is 11.8 Å². The van der Waals surface area contributed by atoms with Gasteiger partial charge in [-0.3, -0.25) is 9.59 Å². The van der Waals surface area contributed by atoms with Gasteiger partial charge in [-0.05, 0) is 49.6 Å². The molecular formula is C21H25N3O4S. The van der Waals surface area contributed by atoms with Gasteiger partial charge < -0.3 is 21.1 Å². The molecule has 2 rings (SSSR count). The molecule has 8 heteroatoms. The number of nitrogen functional groups attached to an aromatic ring is 1. The van der Waals surface area contributed by atoms with Crippen LogP contribution in [-0.4, -0.2) is 42.4 Å². The molecule has 2 aromatic carbocycles. The average molecular weight is 416 g/mol. The van der Waals surface area contributed by atoms with Gasteiger partial charge >= 0.3 is 5.97 Å². The van der Waals surface area contributed by atoms with Gasteiger partial charge in [-0.25, -0.2) is 4.79 Å². The fourth-order valence-corrected chi connectivity index (χ4v) is 3.12. The molecule has 0 spiro atoms. The molecule has 0 aliphatic heterocycles. The lowest BCUT2D eigenvalue weighted by atomic mass is 10.1. The van der Waals surface area contributed by atoms with Gasteiger partial charge in [0.2, 0.25) is 0 Å². The van der Waals surface area contributed by atoms with Crippen molar-refractivity contribution in [3.63, 3.8) is 0 Å². The first-order valence-corrected chi connectivity index (χ1v) is 10.6. The number of hydrogen-bond acceptors (Lipinski definition) is 6. The average Bonchev–Trinajstić information content (AvgIpc) is 2.71. The molecule has 0 bridgehead atoms. The highest BCUT2D eigenvalue weighted by molar-refractivity contribution is 7.98. The van der Waals surface area contributed by atoms with Crippen molar-refractivity contribution < 1.29 is 19.1 Å². The van der Waals surface area contributed by atoms with Crippen molar-refractivity contribution in [2.75, 3.05) is 29.7 Å². The second-order valence-electron chi connectivity index (χ2n) is 6.15. The zero-order chi connectivity index (χ0) is 21.2. The maximum absolute atomic E-state index is 12.8. The molecule has 0 saturated heterocycles. The van der Waals surface area contributed by atoms with Gasteiger partial charge in [0.25, 0.3) is 11.8 Å². The first-order valence-electron chi connectivity index (χ1n) is 9.19. The van der Waals surface area contributed by atoms with Crippen LogP contribution in [0, 0.1) is 0 Å². The number of thioether (sulfide) groups is 1. The molecule has 154 valence electrons. The van der Waals surface area contributed by atoms with Gasteiger partial charge in [-0.15, -0.1) is 0 Å². The first kappa shape index (κ1) is 22.3. The van der Waals surface area contributed by atoms with Crippen LogP contribution in [0.15, 0.2) is 48.5 Å². The minimum Gasteiger partial charge on any atom is -0.464 e. The number of ether oxygens (including phenoxy) is 1. The Morgan fingerprint density at radius 1 is 1.03 bits per heavy atom. The Bertz CT molecular complexity index is 873. The summed E-state index contributed by atoms with van der Waals surface area (Å²) in [4.78, 5) is 37.6. The molecule has 1 unspecified atom stereocenters. The van der Waals surface area contributed by atoms with Crippen LogP contribution in [0.25, 0.3) is 0 Å². The molecule has 0 aliphatic rings. The Hall–Kier alpha value is -3.00. The van der Waals surface area contributed by atoms with Crippen LogP contribution in [0.4, 0.5) is 11.4 Å². The lowest BCUT2D eigenvalue weighted by molar-refractivity contribution is -0.145. The number of nitrogens with one attached hydrogen (secondary N) is 2. The molecule has 4 N–H and O–H groups in total. The lowest BCUT2D eigenvalue weighted by Gasteiger charge is -2.18. The summed E-state index contributed by atoms with van der Waals surface area (Å²) in [5.74, 6) is -0.683. The first-order chi connectivity index (χ1) is 14.0. The van der Waals surface area contributed by atoms with E-state index < -0.39 is 23.8 Å². The Morgan fingerprint density at radius 3 is 2.34 bits per heavy atom. The molecule has 0 radical (unpaired) electrons. The van der Waals surface area contributed by atoms with Gasteiger partial charge in [0.1, 0.15) is 6.04 Å². The van der Waals surface area contributed by atoms with Gasteiger partial charge in [-0.1, -0.05) is 24.3 Å². The number of amides is 2. The highest BCUT2D eigenvalue weighted by Crippen LogP contribution is 2.19. The van der Waals surface area contributed by atoms with E-state index in [2.05, 4.69) is 10.6 Å². The molecule has 29 heavy (non-hydrogen) atoms. The maximum Gasteiger partial charge on any atom is 0.328 e. The van der Waals surface area contributed by atoms with E-state index in [4.69, 9.17) is 10.5 Å². The zero-order valence-electron chi connectivity index (χ0n) is 16.4. The molecule has 0 fully saturated rings. The Labute approximate surface area is 174 Å². The predicted molar refractivity (Wildman–Crippen MR) is 116 cm³/mol. The third-order valence-corrected chi connectivity index (χ3v) is 4.76. The maximum atomic E-state index is 12.8. The van der Waals surface area contributed by atoms with E-state index in [1.165, 1.54) is 0 Å². The lowest BCUT2D eigenvalue weighted by Crippen LogP contribution is -2.42. The van der Waals surface area contributed by atoms with E-state index in [1.807, 2.05) is 6.26 Å². The van der Waals surface area contributed by atoms with Crippen molar-refractivity contribution >= 4 is 40.9 Å². The van der Waals surface area contributed by atoms with Crippen molar-refractivity contribution in [3.05, 3.63) is 59.7 Å². The van der Waals surface area contributed by atoms with Crippen molar-refractivity contribution in [1.29, 1.82) is 0 Å². The predicted octanol–water partition coefficient (Wildman–Crippen LogP) is 2.94. The SMILES string of the molecule is CCOC(=O)C(CCSC)NC(=O)c1ccccc1NC(=O)c1ccccc1N. The number of carbonyl (C=O) groups is 3. The summed E-state index contributed by atoms with van der Waals surface area (Å²) in [6.07, 6.45) is 2.37. The molecule has 0 heterocycles. The Morgan fingerprint density at radius 2 is 1.69 bits per heavy atom. The van der Waals surface area contributed by atoms with Gasteiger partial charge in [0, 0.05) is 5.69 Å². The Balaban J connectivity index is 2.19. The summed E-state index contributed by atoms with van der Waals surface area (Å²) < 4.78 is 5.06. The second kappa shape index (κ2) is 11.1. The van der Waals surface area contributed by atoms with Crippen molar-refractivity contribution in [2.45, 2.75) is 19.4 Å². The number of benzene rings is 2. The molecule has 0 saturated carbocycles. The van der Waals surface area contributed by atoms with E-state index in [0.29, 0.717) is 29.1 Å². The van der Waals surface area contributed by atoms with E-state index in [1.54, 1.807) is 67.2 Å². The minimum absolute atomic E-state index is 0.232. The molecule has 2 aromatic rings. The number of rotatable bonds is 9. The molecule has 2 amide bonds. The summed E-state index contributed by atoms with van der Waals surface area (Å²) in [5.41, 5.74) is 7.07. The normalized spacial score (nSPS) is 11.4. The van der Waals surface area contributed by atoms with Crippen LogP contribution in [-0.2, 0) is 9.53 Å². The van der Waals surface area contributed by atoms with E-state index in [0.717, 1.165) is 0 Å². The highest BCUT2D eigenvalue weighted by Gasteiger charge is 2.24. The number of anilines is 2. The monoisotopic (exact) mass is 415 g/mol. The smallest absolute Gasteiger partial charge is 0.328 e. The molecule has 0 aliphatic carbocycles. The van der Waals surface area contributed by atoms with Crippen LogP contribution >= 0.6 is 11.8 Å². The van der Waals surface area contributed by atoms with Crippen LogP contribution in [0.2, 0.25) is 0 Å². The fourth-order valence-electron chi connectivity index (χ4n) is 2.65. The van der Waals surface area contributed by atoms with Crippen molar-refractivity contribution in [1.82, 2.24) is 5.32 Å². The number of para-hydroxylation sites is 2. The zero-order valence-corrected chi connectivity index (χ0v) is 17.3. The number of hydrogen-bond donors (Lipinski definition) is 3.